The van der Waals surface area contributed by atoms with Gasteiger partial charge in [-0.2, -0.15) is 0 Å². The van der Waals surface area contributed by atoms with Crippen LogP contribution in [0.4, 0.5) is 4.39 Å². The summed E-state index contributed by atoms with van der Waals surface area (Å²) in [5.74, 6) is -0.320. The smallest absolute Gasteiger partial charge is 0.196 e. The standard InChI is InChI=1S/C13H16FNO3/c1-15-5-6-18-12(8-15)13(16)10-7-9(14)3-4-11(10)17-2/h3-4,7,12H,5-6,8H2,1-2H3. The van der Waals surface area contributed by atoms with Gasteiger partial charge in [-0.15, -0.1) is 0 Å². The number of halogens is 1. The predicted molar refractivity (Wildman–Crippen MR) is 64.5 cm³/mol. The fourth-order valence-electron chi connectivity index (χ4n) is 1.98. The lowest BCUT2D eigenvalue weighted by Gasteiger charge is -2.29. The molecule has 0 radical (unpaired) electrons. The molecule has 1 aromatic rings. The van der Waals surface area contributed by atoms with Crippen LogP contribution in [0, 0.1) is 5.82 Å². The highest BCUT2D eigenvalue weighted by Gasteiger charge is 2.28. The van der Waals surface area contributed by atoms with Crippen LogP contribution < -0.4 is 4.74 Å². The lowest BCUT2D eigenvalue weighted by molar-refractivity contribution is -0.00876. The van der Waals surface area contributed by atoms with Gasteiger partial charge in [0.25, 0.3) is 0 Å². The van der Waals surface area contributed by atoms with Crippen LogP contribution in [0.2, 0.25) is 0 Å². The minimum Gasteiger partial charge on any atom is -0.496 e. The summed E-state index contributed by atoms with van der Waals surface area (Å²) in [7, 11) is 3.38. The molecule has 1 aliphatic rings. The number of likely N-dealkylation sites (N-methyl/N-ethyl adjacent to an activating group) is 1. The Labute approximate surface area is 105 Å². The summed E-state index contributed by atoms with van der Waals surface area (Å²) in [6.07, 6.45) is -0.556. The second kappa shape index (κ2) is 5.46. The largest absolute Gasteiger partial charge is 0.496 e. The summed E-state index contributed by atoms with van der Waals surface area (Å²) in [4.78, 5) is 14.3. The molecule has 0 bridgehead atoms. The number of nitrogens with zero attached hydrogens (tertiary/aromatic N) is 1. The van der Waals surface area contributed by atoms with Gasteiger partial charge in [0.1, 0.15) is 17.7 Å². The SMILES string of the molecule is COc1ccc(F)cc1C(=O)C1CN(C)CCO1. The maximum absolute atomic E-state index is 13.2. The summed E-state index contributed by atoms with van der Waals surface area (Å²) in [6, 6.07) is 3.91. The molecule has 1 saturated heterocycles. The summed E-state index contributed by atoms with van der Waals surface area (Å²) >= 11 is 0. The second-order valence-electron chi connectivity index (χ2n) is 4.33. The lowest BCUT2D eigenvalue weighted by atomic mass is 10.0. The molecule has 4 nitrogen and oxygen atoms in total. The van der Waals surface area contributed by atoms with Gasteiger partial charge in [-0.3, -0.25) is 4.79 Å². The molecule has 98 valence electrons. The summed E-state index contributed by atoms with van der Waals surface area (Å²) in [6.45, 7) is 1.81. The highest BCUT2D eigenvalue weighted by Crippen LogP contribution is 2.22. The number of Topliss-reactive ketones (excluding diaryl/α,β-unsaturated/α-hetero) is 1. The third-order valence-electron chi connectivity index (χ3n) is 2.99. The van der Waals surface area contributed by atoms with Gasteiger partial charge in [0.15, 0.2) is 5.78 Å². The highest BCUT2D eigenvalue weighted by atomic mass is 19.1. The van der Waals surface area contributed by atoms with Crippen molar-refractivity contribution in [3.63, 3.8) is 0 Å². The van der Waals surface area contributed by atoms with E-state index in [2.05, 4.69) is 0 Å². The normalized spacial score (nSPS) is 20.7. The Bertz CT molecular complexity index is 450. The Morgan fingerprint density at radius 3 is 3.00 bits per heavy atom. The van der Waals surface area contributed by atoms with E-state index in [0.29, 0.717) is 18.9 Å². The van der Waals surface area contributed by atoms with E-state index >= 15 is 0 Å². The van der Waals surface area contributed by atoms with Crippen molar-refractivity contribution in [2.75, 3.05) is 33.9 Å². The molecule has 1 heterocycles. The Morgan fingerprint density at radius 1 is 1.56 bits per heavy atom. The first-order chi connectivity index (χ1) is 8.61. The van der Waals surface area contributed by atoms with Crippen LogP contribution in [0.3, 0.4) is 0 Å². The molecule has 1 aliphatic heterocycles. The Hall–Kier alpha value is -1.46. The molecule has 1 aromatic carbocycles. The molecule has 0 saturated carbocycles. The molecule has 2 rings (SSSR count). The van der Waals surface area contributed by atoms with Crippen LogP contribution in [0.25, 0.3) is 0 Å². The number of ether oxygens (including phenoxy) is 2. The monoisotopic (exact) mass is 253 g/mol. The molecule has 1 fully saturated rings. The molecule has 0 aliphatic carbocycles. The van der Waals surface area contributed by atoms with Crippen LogP contribution in [-0.2, 0) is 4.74 Å². The second-order valence-corrected chi connectivity index (χ2v) is 4.33. The number of morpholine rings is 1. The minimum absolute atomic E-state index is 0.234. The van der Waals surface area contributed by atoms with Gasteiger partial charge < -0.3 is 14.4 Å². The highest BCUT2D eigenvalue weighted by molar-refractivity contribution is 6.02. The van der Waals surface area contributed by atoms with Crippen molar-refractivity contribution < 1.29 is 18.7 Å². The molecule has 18 heavy (non-hydrogen) atoms. The first-order valence-corrected chi connectivity index (χ1v) is 5.79. The molecule has 0 spiro atoms. The number of carbonyl (C=O) groups is 1. The minimum atomic E-state index is -0.556. The van der Waals surface area contributed by atoms with E-state index in [-0.39, 0.29) is 11.3 Å². The predicted octanol–water partition coefficient (Wildman–Crippen LogP) is 1.35. The average molecular weight is 253 g/mol. The molecule has 1 unspecified atom stereocenters. The summed E-state index contributed by atoms with van der Waals surface area (Å²) < 4.78 is 23.7. The molecular weight excluding hydrogens is 237 g/mol. The van der Waals surface area contributed by atoms with Crippen LogP contribution >= 0.6 is 0 Å². The molecule has 0 aromatic heterocycles. The zero-order valence-electron chi connectivity index (χ0n) is 10.5. The zero-order chi connectivity index (χ0) is 13.1. The van der Waals surface area contributed by atoms with Crippen molar-refractivity contribution in [2.45, 2.75) is 6.10 Å². The van der Waals surface area contributed by atoms with Crippen LogP contribution in [0.5, 0.6) is 5.75 Å². The third-order valence-corrected chi connectivity index (χ3v) is 2.99. The van der Waals surface area contributed by atoms with Crippen molar-refractivity contribution >= 4 is 5.78 Å². The molecule has 0 N–H and O–H groups in total. The van der Waals surface area contributed by atoms with Gasteiger partial charge in [-0.05, 0) is 25.2 Å². The molecule has 1 atom stereocenters. The maximum Gasteiger partial charge on any atom is 0.196 e. The fourth-order valence-corrected chi connectivity index (χ4v) is 1.98. The number of hydrogen-bond donors (Lipinski definition) is 0. The first-order valence-electron chi connectivity index (χ1n) is 5.79. The van der Waals surface area contributed by atoms with Crippen molar-refractivity contribution in [3.8, 4) is 5.75 Å². The molecular formula is C13H16FNO3. The van der Waals surface area contributed by atoms with E-state index < -0.39 is 11.9 Å². The quantitative estimate of drug-likeness (QED) is 0.762. The number of methoxy groups -OCH3 is 1. The van der Waals surface area contributed by atoms with Crippen LogP contribution in [0.1, 0.15) is 10.4 Å². The van der Waals surface area contributed by atoms with Crippen LogP contribution in [-0.4, -0.2) is 50.6 Å². The van der Waals surface area contributed by atoms with Gasteiger partial charge in [0.05, 0.1) is 19.3 Å². The topological polar surface area (TPSA) is 38.8 Å². The lowest BCUT2D eigenvalue weighted by Crippen LogP contribution is -2.44. The number of benzene rings is 1. The van der Waals surface area contributed by atoms with E-state index in [1.807, 2.05) is 11.9 Å². The zero-order valence-corrected chi connectivity index (χ0v) is 10.5. The van der Waals surface area contributed by atoms with Gasteiger partial charge in [0.2, 0.25) is 0 Å². The van der Waals surface area contributed by atoms with Crippen molar-refractivity contribution in [1.82, 2.24) is 4.90 Å². The Morgan fingerprint density at radius 2 is 2.33 bits per heavy atom. The van der Waals surface area contributed by atoms with E-state index in [9.17, 15) is 9.18 Å². The number of carbonyl (C=O) groups excluding carboxylic acids is 1. The number of rotatable bonds is 3. The van der Waals surface area contributed by atoms with Gasteiger partial charge in [0, 0.05) is 13.1 Å². The van der Waals surface area contributed by atoms with E-state index in [1.54, 1.807) is 0 Å². The number of ketones is 1. The summed E-state index contributed by atoms with van der Waals surface area (Å²) in [5, 5.41) is 0. The Kier molecular flexibility index (Phi) is 3.93. The van der Waals surface area contributed by atoms with Gasteiger partial charge in [-0.1, -0.05) is 0 Å². The van der Waals surface area contributed by atoms with E-state index in [0.717, 1.165) is 6.54 Å². The van der Waals surface area contributed by atoms with E-state index in [4.69, 9.17) is 9.47 Å². The summed E-state index contributed by atoms with van der Waals surface area (Å²) in [5.41, 5.74) is 0.234. The van der Waals surface area contributed by atoms with Crippen molar-refractivity contribution in [2.24, 2.45) is 0 Å². The third kappa shape index (κ3) is 2.68. The fraction of sp³-hybridized carbons (Fsp3) is 0.462. The van der Waals surface area contributed by atoms with Crippen LogP contribution in [0.15, 0.2) is 18.2 Å². The number of hydrogen-bond acceptors (Lipinski definition) is 4. The Balaban J connectivity index is 2.24. The molecule has 0 amide bonds. The average Bonchev–Trinajstić information content (AvgIpc) is 2.38. The van der Waals surface area contributed by atoms with Crippen molar-refractivity contribution in [1.29, 1.82) is 0 Å². The first kappa shape index (κ1) is 13.0. The maximum atomic E-state index is 13.2. The van der Waals surface area contributed by atoms with Crippen molar-refractivity contribution in [3.05, 3.63) is 29.6 Å². The van der Waals surface area contributed by atoms with E-state index in [1.165, 1.54) is 25.3 Å². The van der Waals surface area contributed by atoms with Gasteiger partial charge in [-0.25, -0.2) is 4.39 Å². The molecule has 5 heteroatoms. The van der Waals surface area contributed by atoms with Gasteiger partial charge >= 0.3 is 0 Å².